The number of hydrogen-bond acceptors (Lipinski definition) is 2. The Labute approximate surface area is 132 Å². The van der Waals surface area contributed by atoms with E-state index in [1.54, 1.807) is 0 Å². The lowest BCUT2D eigenvalue weighted by Gasteiger charge is -2.26. The van der Waals surface area contributed by atoms with Crippen LogP contribution >= 0.6 is 12.4 Å². The second-order valence-corrected chi connectivity index (χ2v) is 4.94. The topological polar surface area (TPSA) is 55.1 Å². The van der Waals surface area contributed by atoms with Crippen molar-refractivity contribution in [2.45, 2.75) is 38.4 Å². The summed E-state index contributed by atoms with van der Waals surface area (Å²) in [5, 5.41) is 2.49. The summed E-state index contributed by atoms with van der Waals surface area (Å²) in [5.41, 5.74) is 3.67. The Morgan fingerprint density at radius 1 is 1.23 bits per heavy atom. The second-order valence-electron chi connectivity index (χ2n) is 4.94. The van der Waals surface area contributed by atoms with Gasteiger partial charge in [-0.05, 0) is 31.0 Å². The molecule has 0 fully saturated rings. The molecule has 0 saturated heterocycles. The molecule has 0 saturated carbocycles. The van der Waals surface area contributed by atoms with Crippen LogP contribution in [0.2, 0.25) is 0 Å². The number of carbonyl (C=O) groups excluding carboxylic acids is 1. The predicted molar refractivity (Wildman–Crippen MR) is 78.5 cm³/mol. The Balaban J connectivity index is 0.00000441. The maximum absolute atomic E-state index is 13.1. The summed E-state index contributed by atoms with van der Waals surface area (Å²) >= 11 is 0. The molecule has 0 spiro atoms. The lowest BCUT2D eigenvalue weighted by Crippen LogP contribution is -2.49. The largest absolute Gasteiger partial charge is 0.419 e. The average Bonchev–Trinajstić information content (AvgIpc) is 2.43. The van der Waals surface area contributed by atoms with Gasteiger partial charge in [0.2, 0.25) is 0 Å². The minimum Gasteiger partial charge on any atom is -0.350 e. The van der Waals surface area contributed by atoms with Crippen LogP contribution in [-0.4, -0.2) is 18.0 Å². The third-order valence-corrected chi connectivity index (χ3v) is 3.54. The van der Waals surface area contributed by atoms with E-state index in [-0.39, 0.29) is 24.5 Å². The molecule has 3 nitrogen and oxygen atoms in total. The highest BCUT2D eigenvalue weighted by molar-refractivity contribution is 5.94. The first kappa shape index (κ1) is 20.7. The molecule has 0 bridgehead atoms. The molecule has 1 aromatic rings. The van der Waals surface area contributed by atoms with Crippen molar-refractivity contribution in [1.82, 2.24) is 5.32 Å². The summed E-state index contributed by atoms with van der Waals surface area (Å²) in [6.45, 7) is 3.85. The van der Waals surface area contributed by atoms with Gasteiger partial charge in [-0.1, -0.05) is 13.8 Å². The molecule has 0 radical (unpaired) electrons. The van der Waals surface area contributed by atoms with Gasteiger partial charge in [0.1, 0.15) is 5.82 Å². The summed E-state index contributed by atoms with van der Waals surface area (Å²) in [6.07, 6.45) is -3.62. The van der Waals surface area contributed by atoms with E-state index >= 15 is 0 Å². The number of alkyl halides is 3. The molecule has 0 aliphatic rings. The Morgan fingerprint density at radius 2 is 1.77 bits per heavy atom. The Kier molecular flexibility index (Phi) is 7.31. The third-order valence-electron chi connectivity index (χ3n) is 3.54. The summed E-state index contributed by atoms with van der Waals surface area (Å²) in [6, 6.07) is 2.14. The van der Waals surface area contributed by atoms with E-state index in [0.29, 0.717) is 25.0 Å². The molecule has 0 aliphatic heterocycles. The monoisotopic (exact) mass is 342 g/mol. The number of nitrogens with one attached hydrogen (secondary N) is 1. The summed E-state index contributed by atoms with van der Waals surface area (Å²) in [4.78, 5) is 11.9. The lowest BCUT2D eigenvalue weighted by molar-refractivity contribution is -0.140. The highest BCUT2D eigenvalue weighted by Gasteiger charge is 2.34. The molecule has 1 aromatic carbocycles. The van der Waals surface area contributed by atoms with Crippen LogP contribution in [0.15, 0.2) is 18.2 Å². The second kappa shape index (κ2) is 7.78. The molecule has 0 atom stereocenters. The fraction of sp³-hybridized carbons (Fsp3) is 0.500. The molecule has 0 aromatic heterocycles. The van der Waals surface area contributed by atoms with Crippen LogP contribution in [0, 0.1) is 5.82 Å². The molecular weight excluding hydrogens is 324 g/mol. The first-order chi connectivity index (χ1) is 9.63. The zero-order valence-corrected chi connectivity index (χ0v) is 13.1. The first-order valence-corrected chi connectivity index (χ1v) is 6.57. The van der Waals surface area contributed by atoms with Crippen LogP contribution in [0.3, 0.4) is 0 Å². The van der Waals surface area contributed by atoms with Crippen molar-refractivity contribution in [3.8, 4) is 0 Å². The number of benzene rings is 1. The summed E-state index contributed by atoms with van der Waals surface area (Å²) < 4.78 is 50.9. The Morgan fingerprint density at radius 3 is 2.23 bits per heavy atom. The normalized spacial score (nSPS) is 11.8. The van der Waals surface area contributed by atoms with Gasteiger partial charge in [0.15, 0.2) is 0 Å². The van der Waals surface area contributed by atoms with Crippen LogP contribution < -0.4 is 11.1 Å². The molecule has 0 aliphatic carbocycles. The maximum Gasteiger partial charge on any atom is 0.419 e. The number of halogens is 5. The van der Waals surface area contributed by atoms with Gasteiger partial charge in [0.25, 0.3) is 5.91 Å². The quantitative estimate of drug-likeness (QED) is 0.804. The fourth-order valence-corrected chi connectivity index (χ4v) is 1.74. The number of hydrogen-bond donors (Lipinski definition) is 2. The zero-order valence-electron chi connectivity index (χ0n) is 12.3. The van der Waals surface area contributed by atoms with Crippen molar-refractivity contribution in [2.75, 3.05) is 6.54 Å². The molecular formula is C14H19ClF4N2O. The smallest absolute Gasteiger partial charge is 0.350 e. The van der Waals surface area contributed by atoms with Gasteiger partial charge in [-0.3, -0.25) is 4.79 Å². The van der Waals surface area contributed by atoms with Crippen LogP contribution in [0.5, 0.6) is 0 Å². The standard InChI is InChI=1S/C14H18F4N2O.ClH/c1-3-13(19,4-2)8-20-12(21)9-5-6-11(15)10(7-9)14(16,17)18;/h5-7H,3-4,8,19H2,1-2H3,(H,20,21);1H. The van der Waals surface area contributed by atoms with Crippen molar-refractivity contribution in [3.05, 3.63) is 35.1 Å². The summed E-state index contributed by atoms with van der Waals surface area (Å²) in [5.74, 6) is -2.12. The van der Waals surface area contributed by atoms with E-state index in [1.165, 1.54) is 0 Å². The first-order valence-electron chi connectivity index (χ1n) is 6.57. The van der Waals surface area contributed by atoms with Crippen LogP contribution in [0.4, 0.5) is 17.6 Å². The van der Waals surface area contributed by atoms with E-state index in [0.717, 1.165) is 6.07 Å². The highest BCUT2D eigenvalue weighted by Crippen LogP contribution is 2.31. The average molecular weight is 343 g/mol. The van der Waals surface area contributed by atoms with Crippen molar-refractivity contribution < 1.29 is 22.4 Å². The van der Waals surface area contributed by atoms with E-state index in [9.17, 15) is 22.4 Å². The van der Waals surface area contributed by atoms with Gasteiger partial charge >= 0.3 is 6.18 Å². The fourth-order valence-electron chi connectivity index (χ4n) is 1.74. The molecule has 0 unspecified atom stereocenters. The van der Waals surface area contributed by atoms with Crippen molar-refractivity contribution in [2.24, 2.45) is 5.73 Å². The third kappa shape index (κ3) is 5.14. The SMILES string of the molecule is CCC(N)(CC)CNC(=O)c1ccc(F)c(C(F)(F)F)c1.Cl. The number of carbonyl (C=O) groups is 1. The minimum atomic E-state index is -4.84. The van der Waals surface area contributed by atoms with Crippen LogP contribution in [0.1, 0.15) is 42.6 Å². The number of rotatable bonds is 5. The Hall–Kier alpha value is -1.34. The zero-order chi connectivity index (χ0) is 16.3. The minimum absolute atomic E-state index is 0. The van der Waals surface area contributed by atoms with Crippen molar-refractivity contribution in [3.63, 3.8) is 0 Å². The van der Waals surface area contributed by atoms with Gasteiger partial charge in [0.05, 0.1) is 5.56 Å². The van der Waals surface area contributed by atoms with Crippen molar-refractivity contribution in [1.29, 1.82) is 0 Å². The predicted octanol–water partition coefficient (Wildman–Crippen LogP) is 3.51. The number of nitrogens with two attached hydrogens (primary N) is 1. The molecule has 22 heavy (non-hydrogen) atoms. The molecule has 8 heteroatoms. The van der Waals surface area contributed by atoms with E-state index in [2.05, 4.69) is 5.32 Å². The maximum atomic E-state index is 13.1. The molecule has 126 valence electrons. The molecule has 3 N–H and O–H groups in total. The van der Waals surface area contributed by atoms with E-state index in [1.807, 2.05) is 13.8 Å². The lowest BCUT2D eigenvalue weighted by atomic mass is 9.94. The van der Waals surface area contributed by atoms with Crippen LogP contribution in [0.25, 0.3) is 0 Å². The molecule has 0 heterocycles. The van der Waals surface area contributed by atoms with Gasteiger partial charge in [-0.15, -0.1) is 12.4 Å². The highest BCUT2D eigenvalue weighted by atomic mass is 35.5. The van der Waals surface area contributed by atoms with Crippen molar-refractivity contribution >= 4 is 18.3 Å². The molecule has 1 rings (SSSR count). The molecule has 1 amide bonds. The van der Waals surface area contributed by atoms with Gasteiger partial charge in [0, 0.05) is 17.6 Å². The number of amides is 1. The van der Waals surface area contributed by atoms with Gasteiger partial charge in [-0.25, -0.2) is 4.39 Å². The Bertz CT molecular complexity index is 516. The van der Waals surface area contributed by atoms with E-state index in [4.69, 9.17) is 5.73 Å². The van der Waals surface area contributed by atoms with Gasteiger partial charge < -0.3 is 11.1 Å². The van der Waals surface area contributed by atoms with Crippen LogP contribution in [-0.2, 0) is 6.18 Å². The summed E-state index contributed by atoms with van der Waals surface area (Å²) in [7, 11) is 0. The van der Waals surface area contributed by atoms with E-state index < -0.39 is 29.0 Å². The van der Waals surface area contributed by atoms with Gasteiger partial charge in [-0.2, -0.15) is 13.2 Å².